The van der Waals surface area contributed by atoms with Gasteiger partial charge in [-0.2, -0.15) is 0 Å². The van der Waals surface area contributed by atoms with Crippen LogP contribution in [0, 0.1) is 5.92 Å². The van der Waals surface area contributed by atoms with Crippen molar-refractivity contribution >= 4 is 29.9 Å². The van der Waals surface area contributed by atoms with Crippen LogP contribution in [0.2, 0.25) is 5.02 Å². The highest BCUT2D eigenvalue weighted by atomic mass is 35.5. The molecular formula is C14H20Cl2F2N2O. The van der Waals surface area contributed by atoms with Gasteiger partial charge in [0.1, 0.15) is 0 Å². The van der Waals surface area contributed by atoms with Crippen molar-refractivity contribution in [2.24, 2.45) is 11.7 Å². The summed E-state index contributed by atoms with van der Waals surface area (Å²) in [7, 11) is 0. The minimum atomic E-state index is -3.09. The van der Waals surface area contributed by atoms with E-state index >= 15 is 0 Å². The van der Waals surface area contributed by atoms with Crippen LogP contribution in [0.1, 0.15) is 25.3 Å². The molecule has 1 aromatic carbocycles. The summed E-state index contributed by atoms with van der Waals surface area (Å²) >= 11 is 5.90. The molecule has 0 aliphatic rings. The normalized spacial score (nSPS) is 12.7. The van der Waals surface area contributed by atoms with Crippen LogP contribution >= 0.6 is 24.0 Å². The van der Waals surface area contributed by atoms with Crippen LogP contribution in [0.5, 0.6) is 0 Å². The Morgan fingerprint density at radius 3 is 2.52 bits per heavy atom. The number of carbonyl (C=O) groups is 1. The number of nitrogens with one attached hydrogen (secondary N) is 1. The summed E-state index contributed by atoms with van der Waals surface area (Å²) < 4.78 is 26.2. The van der Waals surface area contributed by atoms with Crippen molar-refractivity contribution in [2.45, 2.75) is 25.7 Å². The number of alkyl halides is 2. The maximum atomic E-state index is 13.1. The van der Waals surface area contributed by atoms with E-state index in [1.807, 2.05) is 13.8 Å². The first-order valence-corrected chi connectivity index (χ1v) is 6.75. The fourth-order valence-electron chi connectivity index (χ4n) is 1.94. The Bertz CT molecular complexity index is 470. The Hall–Kier alpha value is -0.910. The molecule has 0 aliphatic heterocycles. The first-order chi connectivity index (χ1) is 9.26. The SMILES string of the molecule is CC(C)C(C(=O)NCC(F)(F)CN)c1cccc(Cl)c1.Cl. The van der Waals surface area contributed by atoms with Crippen molar-refractivity contribution in [3.05, 3.63) is 34.9 Å². The van der Waals surface area contributed by atoms with Crippen LogP contribution < -0.4 is 11.1 Å². The number of hydrogen-bond acceptors (Lipinski definition) is 2. The zero-order valence-electron chi connectivity index (χ0n) is 11.9. The second-order valence-electron chi connectivity index (χ2n) is 5.05. The van der Waals surface area contributed by atoms with E-state index in [1.54, 1.807) is 24.3 Å². The number of rotatable bonds is 6. The van der Waals surface area contributed by atoms with Gasteiger partial charge in [0.05, 0.1) is 19.0 Å². The van der Waals surface area contributed by atoms with E-state index in [-0.39, 0.29) is 18.3 Å². The Morgan fingerprint density at radius 2 is 2.05 bits per heavy atom. The lowest BCUT2D eigenvalue weighted by molar-refractivity contribution is -0.125. The lowest BCUT2D eigenvalue weighted by Crippen LogP contribution is -2.43. The quantitative estimate of drug-likeness (QED) is 0.835. The molecule has 1 atom stereocenters. The van der Waals surface area contributed by atoms with Gasteiger partial charge in [0.2, 0.25) is 5.91 Å². The summed E-state index contributed by atoms with van der Waals surface area (Å²) in [5, 5.41) is 2.77. The molecule has 0 spiro atoms. The highest BCUT2D eigenvalue weighted by molar-refractivity contribution is 6.30. The number of amides is 1. The molecular weight excluding hydrogens is 321 g/mol. The first kappa shape index (κ1) is 20.1. The molecule has 0 heterocycles. The molecule has 0 fully saturated rings. The molecule has 120 valence electrons. The van der Waals surface area contributed by atoms with Crippen LogP contribution in [-0.4, -0.2) is 24.9 Å². The summed E-state index contributed by atoms with van der Waals surface area (Å²) in [5.41, 5.74) is 5.65. The first-order valence-electron chi connectivity index (χ1n) is 6.38. The molecule has 0 saturated heterocycles. The summed E-state index contributed by atoms with van der Waals surface area (Å²) in [6.07, 6.45) is 0. The minimum Gasteiger partial charge on any atom is -0.349 e. The maximum Gasteiger partial charge on any atom is 0.277 e. The van der Waals surface area contributed by atoms with Crippen molar-refractivity contribution in [1.29, 1.82) is 0 Å². The van der Waals surface area contributed by atoms with Gasteiger partial charge in [0, 0.05) is 5.02 Å². The van der Waals surface area contributed by atoms with Gasteiger partial charge in [0.15, 0.2) is 0 Å². The van der Waals surface area contributed by atoms with E-state index in [0.29, 0.717) is 10.6 Å². The highest BCUT2D eigenvalue weighted by Gasteiger charge is 2.30. The van der Waals surface area contributed by atoms with Crippen LogP contribution in [0.25, 0.3) is 0 Å². The summed E-state index contributed by atoms with van der Waals surface area (Å²) in [6, 6.07) is 6.86. The minimum absolute atomic E-state index is 0. The Morgan fingerprint density at radius 1 is 1.43 bits per heavy atom. The summed E-state index contributed by atoms with van der Waals surface area (Å²) in [4.78, 5) is 12.1. The van der Waals surface area contributed by atoms with E-state index in [2.05, 4.69) is 5.32 Å². The molecule has 0 radical (unpaired) electrons. The topological polar surface area (TPSA) is 55.1 Å². The Kier molecular flexibility index (Phi) is 8.14. The van der Waals surface area contributed by atoms with Crippen molar-refractivity contribution in [3.63, 3.8) is 0 Å². The standard InChI is InChI=1S/C14H19ClF2N2O.ClH/c1-9(2)12(10-4-3-5-11(15)6-10)13(20)19-8-14(16,17)7-18;/h3-6,9,12H,7-8,18H2,1-2H3,(H,19,20);1H. The molecule has 7 heteroatoms. The van der Waals surface area contributed by atoms with Gasteiger partial charge in [0.25, 0.3) is 5.92 Å². The van der Waals surface area contributed by atoms with Gasteiger partial charge in [-0.3, -0.25) is 4.79 Å². The molecule has 21 heavy (non-hydrogen) atoms. The van der Waals surface area contributed by atoms with Gasteiger partial charge in [-0.25, -0.2) is 8.78 Å². The third kappa shape index (κ3) is 6.16. The van der Waals surface area contributed by atoms with E-state index in [9.17, 15) is 13.6 Å². The fraction of sp³-hybridized carbons (Fsp3) is 0.500. The lowest BCUT2D eigenvalue weighted by atomic mass is 9.87. The van der Waals surface area contributed by atoms with Gasteiger partial charge in [-0.1, -0.05) is 37.6 Å². The van der Waals surface area contributed by atoms with E-state index in [1.165, 1.54) is 0 Å². The van der Waals surface area contributed by atoms with Gasteiger partial charge in [-0.15, -0.1) is 12.4 Å². The van der Waals surface area contributed by atoms with Crippen molar-refractivity contribution in [1.82, 2.24) is 5.32 Å². The largest absolute Gasteiger partial charge is 0.349 e. The molecule has 1 aromatic rings. The third-order valence-electron chi connectivity index (χ3n) is 2.98. The van der Waals surface area contributed by atoms with Gasteiger partial charge < -0.3 is 11.1 Å². The molecule has 0 aromatic heterocycles. The Balaban J connectivity index is 0.00000400. The van der Waals surface area contributed by atoms with E-state index in [0.717, 1.165) is 0 Å². The fourth-order valence-corrected chi connectivity index (χ4v) is 2.14. The molecule has 3 nitrogen and oxygen atoms in total. The number of halogens is 4. The molecule has 0 saturated carbocycles. The summed E-state index contributed by atoms with van der Waals surface area (Å²) in [6.45, 7) is 2.15. The predicted octanol–water partition coefficient (Wildman–Crippen LogP) is 3.21. The number of nitrogens with two attached hydrogens (primary N) is 1. The molecule has 1 unspecified atom stereocenters. The van der Waals surface area contributed by atoms with E-state index < -0.39 is 30.8 Å². The smallest absolute Gasteiger partial charge is 0.277 e. The molecule has 1 amide bonds. The van der Waals surface area contributed by atoms with Crippen LogP contribution in [0.3, 0.4) is 0 Å². The lowest BCUT2D eigenvalue weighted by Gasteiger charge is -2.22. The van der Waals surface area contributed by atoms with E-state index in [4.69, 9.17) is 17.3 Å². The molecule has 0 aliphatic carbocycles. The second kappa shape index (κ2) is 8.51. The molecule has 3 N–H and O–H groups in total. The highest BCUT2D eigenvalue weighted by Crippen LogP contribution is 2.27. The molecule has 0 bridgehead atoms. The molecule has 1 rings (SSSR count). The second-order valence-corrected chi connectivity index (χ2v) is 5.49. The number of carbonyl (C=O) groups excluding carboxylic acids is 1. The zero-order valence-corrected chi connectivity index (χ0v) is 13.5. The average molecular weight is 341 g/mol. The monoisotopic (exact) mass is 340 g/mol. The summed E-state index contributed by atoms with van der Waals surface area (Å²) in [5.74, 6) is -4.11. The van der Waals surface area contributed by atoms with Crippen LogP contribution in [0.4, 0.5) is 8.78 Å². The van der Waals surface area contributed by atoms with Crippen LogP contribution in [-0.2, 0) is 4.79 Å². The van der Waals surface area contributed by atoms with Crippen LogP contribution in [0.15, 0.2) is 24.3 Å². The Labute approximate surface area is 134 Å². The maximum absolute atomic E-state index is 13.1. The number of hydrogen-bond donors (Lipinski definition) is 2. The predicted molar refractivity (Wildman–Crippen MR) is 83.3 cm³/mol. The van der Waals surface area contributed by atoms with Crippen molar-refractivity contribution in [3.8, 4) is 0 Å². The van der Waals surface area contributed by atoms with Gasteiger partial charge >= 0.3 is 0 Å². The van der Waals surface area contributed by atoms with Crippen molar-refractivity contribution < 1.29 is 13.6 Å². The van der Waals surface area contributed by atoms with Crippen molar-refractivity contribution in [2.75, 3.05) is 13.1 Å². The third-order valence-corrected chi connectivity index (χ3v) is 3.21. The average Bonchev–Trinajstić information content (AvgIpc) is 2.36. The zero-order chi connectivity index (χ0) is 15.3. The van der Waals surface area contributed by atoms with Gasteiger partial charge in [-0.05, 0) is 23.6 Å². The number of benzene rings is 1.